The number of pyridine rings is 2. The predicted octanol–water partition coefficient (Wildman–Crippen LogP) is 5.47. The average molecular weight is 544 g/mol. The van der Waals surface area contributed by atoms with Gasteiger partial charge in [0.2, 0.25) is 5.88 Å². The molecule has 41 heavy (non-hydrogen) atoms. The van der Waals surface area contributed by atoms with Crippen molar-refractivity contribution in [2.75, 3.05) is 36.0 Å². The minimum absolute atomic E-state index is 0.0628. The molecule has 0 spiro atoms. The van der Waals surface area contributed by atoms with Gasteiger partial charge in [-0.2, -0.15) is 15.5 Å². The summed E-state index contributed by atoms with van der Waals surface area (Å²) in [6, 6.07) is 19.6. The van der Waals surface area contributed by atoms with Crippen molar-refractivity contribution in [2.24, 2.45) is 0 Å². The van der Waals surface area contributed by atoms with Crippen LogP contribution in [0.3, 0.4) is 0 Å². The minimum Gasteiger partial charge on any atom is -0.435 e. The summed E-state index contributed by atoms with van der Waals surface area (Å²) in [7, 11) is 0. The smallest absolute Gasteiger partial charge is 0.239 e. The number of rotatable bonds is 5. The topological polar surface area (TPSA) is 101 Å². The normalized spacial score (nSPS) is 16.7. The zero-order valence-electron chi connectivity index (χ0n) is 23.7. The van der Waals surface area contributed by atoms with Crippen molar-refractivity contribution in [3.63, 3.8) is 0 Å². The van der Waals surface area contributed by atoms with E-state index in [2.05, 4.69) is 75.6 Å². The fraction of sp³-hybridized carbons (Fsp3) is 0.333. The summed E-state index contributed by atoms with van der Waals surface area (Å²) in [6.45, 7) is 9.63. The number of nitrogens with one attached hydrogen (secondary N) is 1. The van der Waals surface area contributed by atoms with Crippen molar-refractivity contribution in [2.45, 2.75) is 46.2 Å². The third-order valence-corrected chi connectivity index (χ3v) is 8.25. The lowest BCUT2D eigenvalue weighted by molar-refractivity contribution is 0.439. The highest BCUT2D eigenvalue weighted by Crippen LogP contribution is 2.40. The zero-order valence-corrected chi connectivity index (χ0v) is 23.7. The molecular weight excluding hydrogens is 510 g/mol. The van der Waals surface area contributed by atoms with Crippen LogP contribution in [-0.4, -0.2) is 42.2 Å². The molecule has 4 aromatic rings. The number of fused-ring (bicyclic) bond motifs is 2. The Kier molecular flexibility index (Phi) is 7.17. The van der Waals surface area contributed by atoms with E-state index in [-0.39, 0.29) is 6.04 Å². The van der Waals surface area contributed by atoms with Crippen LogP contribution >= 0.6 is 0 Å². The molecule has 0 saturated carbocycles. The minimum atomic E-state index is 0.0628. The maximum atomic E-state index is 10.5. The molecule has 8 heteroatoms. The van der Waals surface area contributed by atoms with Gasteiger partial charge in [0.1, 0.15) is 17.5 Å². The molecule has 0 radical (unpaired) electrons. The fourth-order valence-electron chi connectivity index (χ4n) is 6.21. The second-order valence-corrected chi connectivity index (χ2v) is 10.9. The van der Waals surface area contributed by atoms with Gasteiger partial charge in [-0.15, -0.1) is 0 Å². The predicted molar refractivity (Wildman–Crippen MR) is 160 cm³/mol. The third kappa shape index (κ3) is 4.92. The van der Waals surface area contributed by atoms with Gasteiger partial charge in [-0.05, 0) is 55.8 Å². The number of piperazine rings is 1. The Morgan fingerprint density at radius 3 is 2.61 bits per heavy atom. The molecule has 2 aliphatic heterocycles. The maximum Gasteiger partial charge on any atom is 0.239 e. The summed E-state index contributed by atoms with van der Waals surface area (Å²) < 4.78 is 6.45. The number of hydrogen-bond donors (Lipinski definition) is 1. The Bertz CT molecular complexity index is 1690. The maximum absolute atomic E-state index is 10.5. The van der Waals surface area contributed by atoms with Crippen LogP contribution in [0.5, 0.6) is 11.6 Å². The van der Waals surface area contributed by atoms with Crippen molar-refractivity contribution in [3.05, 3.63) is 82.2 Å². The lowest BCUT2D eigenvalue weighted by Gasteiger charge is -2.38. The highest BCUT2D eigenvalue weighted by Gasteiger charge is 2.31. The molecule has 2 aromatic carbocycles. The number of aromatic nitrogens is 2. The van der Waals surface area contributed by atoms with E-state index in [1.165, 1.54) is 22.0 Å². The van der Waals surface area contributed by atoms with E-state index in [1.54, 1.807) is 6.20 Å². The lowest BCUT2D eigenvalue weighted by Crippen LogP contribution is -2.51. The highest BCUT2D eigenvalue weighted by atomic mass is 16.5. The molecule has 8 nitrogen and oxygen atoms in total. The number of benzene rings is 2. The first-order chi connectivity index (χ1) is 20.0. The van der Waals surface area contributed by atoms with E-state index in [9.17, 15) is 10.5 Å². The van der Waals surface area contributed by atoms with Crippen LogP contribution in [-0.2, 0) is 13.0 Å². The van der Waals surface area contributed by atoms with Crippen molar-refractivity contribution in [1.82, 2.24) is 15.3 Å². The number of aryl methyl sites for hydroxylation is 3. The average Bonchev–Trinajstić information content (AvgIpc) is 2.98. The molecule has 206 valence electrons. The number of ether oxygens (including phenoxy) is 1. The SMILES string of the molecule is Cc1ccnc(C)c1Oc1nc(N2CCN[C@H](CC#N)C2)c2c(c1C#N)CN(c1cccc3cccc(C)c13)CC2. The molecule has 0 aliphatic carbocycles. The van der Waals surface area contributed by atoms with Gasteiger partial charge >= 0.3 is 0 Å². The molecule has 4 heterocycles. The molecule has 1 atom stereocenters. The van der Waals surface area contributed by atoms with Crippen molar-refractivity contribution in [3.8, 4) is 23.8 Å². The van der Waals surface area contributed by atoms with Gasteiger partial charge in [0.05, 0.1) is 18.2 Å². The quantitative estimate of drug-likeness (QED) is 0.354. The summed E-state index contributed by atoms with van der Waals surface area (Å²) in [5, 5.41) is 25.8. The van der Waals surface area contributed by atoms with Crippen LogP contribution < -0.4 is 19.9 Å². The fourth-order valence-corrected chi connectivity index (χ4v) is 6.21. The Morgan fingerprint density at radius 1 is 1.00 bits per heavy atom. The first-order valence-corrected chi connectivity index (χ1v) is 14.1. The first-order valence-electron chi connectivity index (χ1n) is 14.1. The zero-order chi connectivity index (χ0) is 28.5. The van der Waals surface area contributed by atoms with Gasteiger partial charge in [-0.3, -0.25) is 4.98 Å². The number of anilines is 2. The molecule has 1 saturated heterocycles. The standard InChI is InChI=1S/C33H33N7O/c1-21-6-4-7-24-8-5-9-29(30(21)24)39-16-12-26-28(20-39)27(18-35)33(41-31-22(2)11-14-36-23(31)3)38-32(26)40-17-15-37-25(19-40)10-13-34/h4-9,11,14,25,37H,10,12,15-17,19-20H2,1-3H3/t25-/m1/s1. The van der Waals surface area contributed by atoms with Crippen LogP contribution in [0.25, 0.3) is 10.8 Å². The van der Waals surface area contributed by atoms with E-state index in [4.69, 9.17) is 9.72 Å². The van der Waals surface area contributed by atoms with Gasteiger partial charge in [-0.25, -0.2) is 0 Å². The van der Waals surface area contributed by atoms with E-state index in [0.717, 1.165) is 54.3 Å². The van der Waals surface area contributed by atoms with Gasteiger partial charge in [0, 0.05) is 67.2 Å². The van der Waals surface area contributed by atoms with Crippen LogP contribution in [0, 0.1) is 43.4 Å². The molecule has 1 N–H and O–H groups in total. The number of nitrogens with zero attached hydrogens (tertiary/aromatic N) is 6. The monoisotopic (exact) mass is 543 g/mol. The lowest BCUT2D eigenvalue weighted by atomic mass is 9.94. The van der Waals surface area contributed by atoms with E-state index >= 15 is 0 Å². The second-order valence-electron chi connectivity index (χ2n) is 10.9. The van der Waals surface area contributed by atoms with E-state index in [1.807, 2.05) is 19.9 Å². The largest absolute Gasteiger partial charge is 0.435 e. The van der Waals surface area contributed by atoms with Crippen molar-refractivity contribution >= 4 is 22.3 Å². The number of hydrogen-bond acceptors (Lipinski definition) is 8. The van der Waals surface area contributed by atoms with Gasteiger partial charge in [0.25, 0.3) is 0 Å². The molecule has 2 aliphatic rings. The van der Waals surface area contributed by atoms with Crippen molar-refractivity contribution in [1.29, 1.82) is 10.5 Å². The van der Waals surface area contributed by atoms with E-state index < -0.39 is 0 Å². The van der Waals surface area contributed by atoms with Crippen LogP contribution in [0.15, 0.2) is 48.7 Å². The molecule has 0 unspecified atom stereocenters. The molecule has 0 amide bonds. The van der Waals surface area contributed by atoms with Crippen LogP contribution in [0.1, 0.15) is 39.9 Å². The molecule has 1 fully saturated rings. The van der Waals surface area contributed by atoms with Gasteiger partial charge in [-0.1, -0.05) is 30.3 Å². The summed E-state index contributed by atoms with van der Waals surface area (Å²) in [6.07, 6.45) is 2.95. The summed E-state index contributed by atoms with van der Waals surface area (Å²) in [5.74, 6) is 1.79. The second kappa shape index (κ2) is 11.1. The van der Waals surface area contributed by atoms with Crippen LogP contribution in [0.2, 0.25) is 0 Å². The number of nitriles is 2. The summed E-state index contributed by atoms with van der Waals surface area (Å²) in [5.41, 5.74) is 6.61. The molecule has 6 rings (SSSR count). The first kappa shape index (κ1) is 26.6. The Balaban J connectivity index is 1.49. The molecular formula is C33H33N7O. The van der Waals surface area contributed by atoms with Gasteiger partial charge < -0.3 is 19.9 Å². The molecule has 2 aromatic heterocycles. The van der Waals surface area contributed by atoms with Crippen molar-refractivity contribution < 1.29 is 4.74 Å². The Labute approximate surface area is 240 Å². The highest BCUT2D eigenvalue weighted by molar-refractivity contribution is 5.97. The Hall–Kier alpha value is -4.66. The third-order valence-electron chi connectivity index (χ3n) is 8.25. The summed E-state index contributed by atoms with van der Waals surface area (Å²) in [4.78, 5) is 14.1. The van der Waals surface area contributed by atoms with Crippen LogP contribution in [0.4, 0.5) is 11.5 Å². The van der Waals surface area contributed by atoms with Gasteiger partial charge in [0.15, 0.2) is 5.75 Å². The summed E-state index contributed by atoms with van der Waals surface area (Å²) >= 11 is 0. The van der Waals surface area contributed by atoms with E-state index in [0.29, 0.717) is 36.7 Å². The Morgan fingerprint density at radius 2 is 1.83 bits per heavy atom. The molecule has 0 bridgehead atoms.